The summed E-state index contributed by atoms with van der Waals surface area (Å²) in [6.07, 6.45) is 1.17. The fourth-order valence-corrected chi connectivity index (χ4v) is 1.58. The highest BCUT2D eigenvalue weighted by Gasteiger charge is 2.30. The highest BCUT2D eigenvalue weighted by atomic mass is 16.2. The number of amides is 1. The van der Waals surface area contributed by atoms with Crippen molar-refractivity contribution in [3.8, 4) is 0 Å². The second-order valence-electron chi connectivity index (χ2n) is 4.29. The molecule has 1 rings (SSSR count). The van der Waals surface area contributed by atoms with Gasteiger partial charge in [0.2, 0.25) is 11.9 Å². The Morgan fingerprint density at radius 1 is 1.29 bits per heavy atom. The van der Waals surface area contributed by atoms with Crippen LogP contribution < -0.4 is 11.1 Å². The van der Waals surface area contributed by atoms with Crippen LogP contribution in [0.25, 0.3) is 0 Å². The summed E-state index contributed by atoms with van der Waals surface area (Å²) in [7, 11) is 0. The minimum Gasteiger partial charge on any atom is -0.317 e. The van der Waals surface area contributed by atoms with Crippen molar-refractivity contribution in [1.82, 2.24) is 9.97 Å². The van der Waals surface area contributed by atoms with E-state index in [9.17, 15) is 4.79 Å². The van der Waals surface area contributed by atoms with Crippen molar-refractivity contribution in [1.29, 1.82) is 0 Å². The molecule has 0 unspecified atom stereocenters. The zero-order valence-electron chi connectivity index (χ0n) is 10.9. The molecule has 94 valence electrons. The molecule has 0 aliphatic carbocycles. The number of nitrogens with zero attached hydrogens (tertiary/aromatic N) is 2. The van der Waals surface area contributed by atoms with Crippen LogP contribution in [0.4, 0.5) is 5.95 Å². The molecule has 0 spiro atoms. The molecule has 0 atom stereocenters. The molecular weight excluding hydrogens is 216 g/mol. The third-order valence-corrected chi connectivity index (χ3v) is 2.92. The van der Waals surface area contributed by atoms with Crippen molar-refractivity contribution in [2.45, 2.75) is 46.1 Å². The van der Waals surface area contributed by atoms with E-state index in [-0.39, 0.29) is 5.91 Å². The van der Waals surface area contributed by atoms with Crippen LogP contribution in [0, 0.1) is 13.8 Å². The number of anilines is 1. The average Bonchev–Trinajstić information content (AvgIpc) is 2.26. The number of aryl methyl sites for hydroxylation is 2. The lowest BCUT2D eigenvalue weighted by molar-refractivity contribution is -0.121. The number of aromatic nitrogens is 2. The van der Waals surface area contributed by atoms with E-state index in [1.165, 1.54) is 0 Å². The monoisotopic (exact) mass is 236 g/mol. The highest BCUT2D eigenvalue weighted by molar-refractivity contribution is 5.96. The van der Waals surface area contributed by atoms with Gasteiger partial charge < -0.3 is 5.73 Å². The van der Waals surface area contributed by atoms with Gasteiger partial charge in [0.15, 0.2) is 0 Å². The second-order valence-corrected chi connectivity index (χ2v) is 4.29. The number of rotatable bonds is 4. The zero-order chi connectivity index (χ0) is 13.1. The van der Waals surface area contributed by atoms with Gasteiger partial charge in [0.1, 0.15) is 0 Å². The van der Waals surface area contributed by atoms with Gasteiger partial charge in [-0.3, -0.25) is 10.1 Å². The van der Waals surface area contributed by atoms with Gasteiger partial charge in [-0.2, -0.15) is 0 Å². The summed E-state index contributed by atoms with van der Waals surface area (Å²) in [6, 6.07) is 1.85. The van der Waals surface area contributed by atoms with Crippen molar-refractivity contribution in [3.05, 3.63) is 17.5 Å². The summed E-state index contributed by atoms with van der Waals surface area (Å²) < 4.78 is 0. The standard InChI is InChI=1S/C12H20N4O/c1-5-12(13,6-2)10(17)16-11-14-8(3)7-9(4)15-11/h7H,5-6,13H2,1-4H3,(H,14,15,16,17). The first-order valence-corrected chi connectivity index (χ1v) is 5.84. The van der Waals surface area contributed by atoms with E-state index in [1.807, 2.05) is 33.8 Å². The fraction of sp³-hybridized carbons (Fsp3) is 0.583. The van der Waals surface area contributed by atoms with Crippen molar-refractivity contribution in [3.63, 3.8) is 0 Å². The summed E-state index contributed by atoms with van der Waals surface area (Å²) >= 11 is 0. The number of carbonyl (C=O) groups excluding carboxylic acids is 1. The predicted molar refractivity (Wildman–Crippen MR) is 67.6 cm³/mol. The predicted octanol–water partition coefficient (Wildman–Crippen LogP) is 1.55. The molecule has 0 aliphatic heterocycles. The smallest absolute Gasteiger partial charge is 0.246 e. The number of nitrogens with one attached hydrogen (secondary N) is 1. The molecule has 1 amide bonds. The molecule has 0 aromatic carbocycles. The Labute approximate surface area is 102 Å². The first kappa shape index (κ1) is 13.6. The molecule has 5 heteroatoms. The minimum atomic E-state index is -0.846. The molecule has 3 N–H and O–H groups in total. The van der Waals surface area contributed by atoms with Crippen LogP contribution in [0.1, 0.15) is 38.1 Å². The molecule has 1 aromatic heterocycles. The van der Waals surface area contributed by atoms with Crippen LogP contribution in [-0.4, -0.2) is 21.4 Å². The number of hydrogen-bond donors (Lipinski definition) is 2. The molecule has 0 fully saturated rings. The van der Waals surface area contributed by atoms with Gasteiger partial charge in [0.25, 0.3) is 0 Å². The maximum absolute atomic E-state index is 12.0. The number of carbonyl (C=O) groups is 1. The minimum absolute atomic E-state index is 0.229. The van der Waals surface area contributed by atoms with Gasteiger partial charge in [-0.1, -0.05) is 13.8 Å². The van der Waals surface area contributed by atoms with Gasteiger partial charge in [-0.05, 0) is 32.8 Å². The molecule has 0 aliphatic rings. The third-order valence-electron chi connectivity index (χ3n) is 2.92. The maximum Gasteiger partial charge on any atom is 0.246 e. The second kappa shape index (κ2) is 5.23. The SMILES string of the molecule is CCC(N)(CC)C(=O)Nc1nc(C)cc(C)n1. The number of nitrogens with two attached hydrogens (primary N) is 1. The largest absolute Gasteiger partial charge is 0.317 e. The van der Waals surface area contributed by atoms with Gasteiger partial charge in [0.05, 0.1) is 5.54 Å². The Morgan fingerprint density at radius 3 is 2.18 bits per heavy atom. The van der Waals surface area contributed by atoms with Gasteiger partial charge in [0, 0.05) is 11.4 Å². The lowest BCUT2D eigenvalue weighted by atomic mass is 9.93. The fourth-order valence-electron chi connectivity index (χ4n) is 1.58. The van der Waals surface area contributed by atoms with Crippen molar-refractivity contribution < 1.29 is 4.79 Å². The van der Waals surface area contributed by atoms with Crippen molar-refractivity contribution in [2.24, 2.45) is 5.73 Å². The molecule has 0 bridgehead atoms. The van der Waals surface area contributed by atoms with Crippen LogP contribution in [0.15, 0.2) is 6.07 Å². The lowest BCUT2D eigenvalue weighted by Gasteiger charge is -2.24. The summed E-state index contributed by atoms with van der Waals surface area (Å²) in [4.78, 5) is 20.3. The Balaban J connectivity index is 2.87. The van der Waals surface area contributed by atoms with E-state index in [0.717, 1.165) is 11.4 Å². The van der Waals surface area contributed by atoms with Crippen LogP contribution in [0.5, 0.6) is 0 Å². The Hall–Kier alpha value is -1.49. The van der Waals surface area contributed by atoms with Crippen molar-refractivity contribution >= 4 is 11.9 Å². The quantitative estimate of drug-likeness (QED) is 0.831. The molecule has 0 saturated carbocycles. The van der Waals surface area contributed by atoms with Gasteiger partial charge in [-0.25, -0.2) is 9.97 Å². The Kier molecular flexibility index (Phi) is 4.17. The first-order valence-electron chi connectivity index (χ1n) is 5.84. The molecule has 5 nitrogen and oxygen atoms in total. The lowest BCUT2D eigenvalue weighted by Crippen LogP contribution is -2.50. The summed E-state index contributed by atoms with van der Waals surface area (Å²) in [6.45, 7) is 7.51. The molecule has 17 heavy (non-hydrogen) atoms. The molecule has 1 heterocycles. The zero-order valence-corrected chi connectivity index (χ0v) is 10.9. The van der Waals surface area contributed by atoms with E-state index < -0.39 is 5.54 Å². The number of hydrogen-bond acceptors (Lipinski definition) is 4. The Bertz CT molecular complexity index is 393. The highest BCUT2D eigenvalue weighted by Crippen LogP contribution is 2.14. The average molecular weight is 236 g/mol. The van der Waals surface area contributed by atoms with E-state index >= 15 is 0 Å². The van der Waals surface area contributed by atoms with Crippen LogP contribution >= 0.6 is 0 Å². The maximum atomic E-state index is 12.0. The molecule has 1 aromatic rings. The van der Waals surface area contributed by atoms with E-state index in [2.05, 4.69) is 15.3 Å². The first-order chi connectivity index (χ1) is 7.91. The Morgan fingerprint density at radius 2 is 1.76 bits per heavy atom. The van der Waals surface area contributed by atoms with E-state index in [4.69, 9.17) is 5.73 Å². The van der Waals surface area contributed by atoms with Crippen LogP contribution in [0.2, 0.25) is 0 Å². The molecular formula is C12H20N4O. The van der Waals surface area contributed by atoms with Crippen LogP contribution in [0.3, 0.4) is 0 Å². The van der Waals surface area contributed by atoms with E-state index in [1.54, 1.807) is 0 Å². The van der Waals surface area contributed by atoms with Gasteiger partial charge in [-0.15, -0.1) is 0 Å². The van der Waals surface area contributed by atoms with Crippen LogP contribution in [-0.2, 0) is 4.79 Å². The van der Waals surface area contributed by atoms with Crippen molar-refractivity contribution in [2.75, 3.05) is 5.32 Å². The van der Waals surface area contributed by atoms with E-state index in [0.29, 0.717) is 18.8 Å². The summed E-state index contributed by atoms with van der Waals surface area (Å²) in [5.74, 6) is 0.0942. The molecule has 0 radical (unpaired) electrons. The third kappa shape index (κ3) is 3.23. The van der Waals surface area contributed by atoms with Gasteiger partial charge >= 0.3 is 0 Å². The normalized spacial score (nSPS) is 11.4. The topological polar surface area (TPSA) is 80.9 Å². The summed E-state index contributed by atoms with van der Waals surface area (Å²) in [5, 5.41) is 2.68. The summed E-state index contributed by atoms with van der Waals surface area (Å²) in [5.41, 5.74) is 6.80. The molecule has 0 saturated heterocycles.